The number of halogens is 3. The van der Waals surface area contributed by atoms with Gasteiger partial charge in [-0.05, 0) is 55.5 Å². The number of rotatable bonds is 6. The normalized spacial score (nSPS) is 16.6. The Bertz CT molecular complexity index is 867. The maximum absolute atomic E-state index is 12.5. The molecule has 2 aromatic rings. The zero-order valence-corrected chi connectivity index (χ0v) is 15.5. The van der Waals surface area contributed by atoms with Crippen LogP contribution in [0.5, 0.6) is 11.5 Å². The zero-order valence-electron chi connectivity index (χ0n) is 15.5. The Morgan fingerprint density at radius 1 is 1.10 bits per heavy atom. The molecule has 1 saturated heterocycles. The third-order valence-electron chi connectivity index (χ3n) is 4.31. The molecule has 2 amide bonds. The van der Waals surface area contributed by atoms with Crippen LogP contribution < -0.4 is 19.7 Å². The number of alkyl halides is 3. The van der Waals surface area contributed by atoms with Crippen molar-refractivity contribution >= 4 is 23.2 Å². The average Bonchev–Trinajstić information content (AvgIpc) is 3.05. The Labute approximate surface area is 165 Å². The van der Waals surface area contributed by atoms with E-state index in [0.717, 1.165) is 12.1 Å². The quantitative estimate of drug-likeness (QED) is 0.785. The van der Waals surface area contributed by atoms with E-state index in [1.165, 1.54) is 17.0 Å². The number of amides is 2. The summed E-state index contributed by atoms with van der Waals surface area (Å²) in [4.78, 5) is 26.3. The van der Waals surface area contributed by atoms with Crippen molar-refractivity contribution in [3.8, 4) is 11.5 Å². The Balaban J connectivity index is 1.60. The van der Waals surface area contributed by atoms with Gasteiger partial charge in [0.15, 0.2) is 0 Å². The Kier molecular flexibility index (Phi) is 5.95. The molecule has 0 radical (unpaired) electrons. The molecule has 0 aromatic heterocycles. The largest absolute Gasteiger partial charge is 0.573 e. The van der Waals surface area contributed by atoms with Crippen molar-refractivity contribution in [2.45, 2.75) is 19.7 Å². The molecule has 2 aromatic carbocycles. The molecule has 0 aliphatic carbocycles. The fourth-order valence-electron chi connectivity index (χ4n) is 3.01. The lowest BCUT2D eigenvalue weighted by molar-refractivity contribution is -0.274. The first kappa shape index (κ1) is 20.5. The number of nitrogens with zero attached hydrogens (tertiary/aromatic N) is 1. The number of hydrogen-bond acceptors (Lipinski definition) is 4. The molecule has 0 bridgehead atoms. The van der Waals surface area contributed by atoms with Gasteiger partial charge in [0, 0.05) is 24.3 Å². The maximum Gasteiger partial charge on any atom is 0.573 e. The second-order valence-corrected chi connectivity index (χ2v) is 6.39. The lowest BCUT2D eigenvalue weighted by Crippen LogP contribution is -2.28. The van der Waals surface area contributed by atoms with E-state index in [1.807, 2.05) is 6.92 Å². The summed E-state index contributed by atoms with van der Waals surface area (Å²) in [7, 11) is 0. The molecule has 6 nitrogen and oxygen atoms in total. The molecular formula is C20H19F3N2O4. The Hall–Kier alpha value is -3.23. The minimum atomic E-state index is -4.78. The van der Waals surface area contributed by atoms with Gasteiger partial charge in [0.25, 0.3) is 0 Å². The van der Waals surface area contributed by atoms with Gasteiger partial charge < -0.3 is 19.7 Å². The molecular weight excluding hydrogens is 389 g/mol. The number of carbonyl (C=O) groups is 2. The molecule has 1 fully saturated rings. The molecule has 1 N–H and O–H groups in total. The van der Waals surface area contributed by atoms with Crippen LogP contribution in [-0.2, 0) is 9.59 Å². The van der Waals surface area contributed by atoms with Gasteiger partial charge in [-0.15, -0.1) is 13.2 Å². The van der Waals surface area contributed by atoms with E-state index in [2.05, 4.69) is 10.1 Å². The first-order chi connectivity index (χ1) is 13.7. The number of carbonyl (C=O) groups excluding carboxylic acids is 2. The molecule has 0 unspecified atom stereocenters. The van der Waals surface area contributed by atoms with Crippen molar-refractivity contribution in [1.29, 1.82) is 0 Å². The molecule has 3 rings (SSSR count). The summed E-state index contributed by atoms with van der Waals surface area (Å²) in [6.45, 7) is 2.62. The van der Waals surface area contributed by atoms with Gasteiger partial charge in [0.05, 0.1) is 12.5 Å². The van der Waals surface area contributed by atoms with Gasteiger partial charge in [0.1, 0.15) is 11.5 Å². The van der Waals surface area contributed by atoms with Crippen LogP contribution in [0.1, 0.15) is 13.3 Å². The Morgan fingerprint density at radius 2 is 1.72 bits per heavy atom. The fraction of sp³-hybridized carbons (Fsp3) is 0.300. The number of benzene rings is 2. The smallest absolute Gasteiger partial charge is 0.494 e. The van der Waals surface area contributed by atoms with E-state index in [0.29, 0.717) is 23.7 Å². The second-order valence-electron chi connectivity index (χ2n) is 6.39. The van der Waals surface area contributed by atoms with Crippen molar-refractivity contribution in [3.63, 3.8) is 0 Å². The first-order valence-electron chi connectivity index (χ1n) is 8.95. The molecule has 0 spiro atoms. The van der Waals surface area contributed by atoms with Crippen LogP contribution in [0.25, 0.3) is 0 Å². The third kappa shape index (κ3) is 5.40. The fourth-order valence-corrected chi connectivity index (χ4v) is 3.01. The van der Waals surface area contributed by atoms with Crippen molar-refractivity contribution in [1.82, 2.24) is 0 Å². The number of nitrogens with one attached hydrogen (secondary N) is 1. The average molecular weight is 408 g/mol. The summed E-state index contributed by atoms with van der Waals surface area (Å²) in [6.07, 6.45) is -4.73. The minimum Gasteiger partial charge on any atom is -0.494 e. The summed E-state index contributed by atoms with van der Waals surface area (Å²) in [6, 6.07) is 11.8. The predicted octanol–water partition coefficient (Wildman–Crippen LogP) is 3.98. The minimum absolute atomic E-state index is 0.0499. The standard InChI is InChI=1S/C20H19F3N2O4/c1-2-28-16-9-5-15(6-10-16)25-12-13(11-18(25)26)19(27)24-14-3-7-17(8-4-14)29-20(21,22)23/h3-10,13H,2,11-12H2,1H3,(H,24,27)/t13-/m1/s1. The lowest BCUT2D eigenvalue weighted by Gasteiger charge is -2.17. The first-order valence-corrected chi connectivity index (χ1v) is 8.95. The highest BCUT2D eigenvalue weighted by Crippen LogP contribution is 2.28. The lowest BCUT2D eigenvalue weighted by atomic mass is 10.1. The number of ether oxygens (including phenoxy) is 2. The second kappa shape index (κ2) is 8.42. The van der Waals surface area contributed by atoms with Crippen LogP contribution in [0.2, 0.25) is 0 Å². The van der Waals surface area contributed by atoms with Gasteiger partial charge in [-0.3, -0.25) is 9.59 Å². The van der Waals surface area contributed by atoms with E-state index in [1.54, 1.807) is 24.3 Å². The van der Waals surface area contributed by atoms with E-state index in [-0.39, 0.29) is 30.5 Å². The van der Waals surface area contributed by atoms with E-state index in [4.69, 9.17) is 4.74 Å². The van der Waals surface area contributed by atoms with E-state index in [9.17, 15) is 22.8 Å². The van der Waals surface area contributed by atoms with Crippen LogP contribution >= 0.6 is 0 Å². The molecule has 0 saturated carbocycles. The van der Waals surface area contributed by atoms with Gasteiger partial charge >= 0.3 is 6.36 Å². The highest BCUT2D eigenvalue weighted by molar-refractivity contribution is 6.03. The SMILES string of the molecule is CCOc1ccc(N2C[C@H](C(=O)Nc3ccc(OC(F)(F)F)cc3)CC2=O)cc1. The summed E-state index contributed by atoms with van der Waals surface area (Å²) >= 11 is 0. The third-order valence-corrected chi connectivity index (χ3v) is 4.31. The summed E-state index contributed by atoms with van der Waals surface area (Å²) in [5.74, 6) is -0.817. The van der Waals surface area contributed by atoms with Crippen LogP contribution in [0, 0.1) is 5.92 Å². The van der Waals surface area contributed by atoms with Crippen molar-refractivity contribution in [2.75, 3.05) is 23.4 Å². The van der Waals surface area contributed by atoms with Crippen LogP contribution in [0.15, 0.2) is 48.5 Å². The van der Waals surface area contributed by atoms with Gasteiger partial charge in [-0.2, -0.15) is 0 Å². The number of anilines is 2. The summed E-state index contributed by atoms with van der Waals surface area (Å²) in [5, 5.41) is 2.62. The van der Waals surface area contributed by atoms with Crippen LogP contribution in [-0.4, -0.2) is 31.3 Å². The molecule has 154 valence electrons. The van der Waals surface area contributed by atoms with Crippen molar-refractivity contribution in [3.05, 3.63) is 48.5 Å². The Morgan fingerprint density at radius 3 is 2.31 bits per heavy atom. The highest BCUT2D eigenvalue weighted by Gasteiger charge is 2.35. The molecule has 1 aliphatic rings. The monoisotopic (exact) mass is 408 g/mol. The molecule has 1 heterocycles. The molecule has 1 aliphatic heterocycles. The van der Waals surface area contributed by atoms with Crippen molar-refractivity contribution < 1.29 is 32.2 Å². The van der Waals surface area contributed by atoms with Crippen LogP contribution in [0.4, 0.5) is 24.5 Å². The zero-order chi connectivity index (χ0) is 21.0. The van der Waals surface area contributed by atoms with Gasteiger partial charge in [-0.25, -0.2) is 0 Å². The summed E-state index contributed by atoms with van der Waals surface area (Å²) in [5.41, 5.74) is 0.985. The molecule has 1 atom stereocenters. The van der Waals surface area contributed by atoms with Gasteiger partial charge in [0.2, 0.25) is 11.8 Å². The topological polar surface area (TPSA) is 67.9 Å². The van der Waals surface area contributed by atoms with E-state index >= 15 is 0 Å². The van der Waals surface area contributed by atoms with Crippen LogP contribution in [0.3, 0.4) is 0 Å². The van der Waals surface area contributed by atoms with E-state index < -0.39 is 12.3 Å². The molecule has 29 heavy (non-hydrogen) atoms. The number of hydrogen-bond donors (Lipinski definition) is 1. The maximum atomic E-state index is 12.5. The molecule has 9 heteroatoms. The summed E-state index contributed by atoms with van der Waals surface area (Å²) < 4.78 is 45.7. The predicted molar refractivity (Wildman–Crippen MR) is 99.8 cm³/mol. The van der Waals surface area contributed by atoms with Gasteiger partial charge in [-0.1, -0.05) is 0 Å². The van der Waals surface area contributed by atoms with Crippen molar-refractivity contribution in [2.24, 2.45) is 5.92 Å². The highest BCUT2D eigenvalue weighted by atomic mass is 19.4.